The fraction of sp³-hybridized carbons (Fsp3) is 0.581. The Hall–Kier alpha value is -3.11. The van der Waals surface area contributed by atoms with Crippen molar-refractivity contribution in [3.63, 3.8) is 0 Å². The number of phosphoric acid groups is 1. The monoisotopic (exact) mass is 775 g/mol. The summed E-state index contributed by atoms with van der Waals surface area (Å²) >= 11 is 0. The maximum Gasteiger partial charge on any atom is 0.472 e. The lowest BCUT2D eigenvalue weighted by Gasteiger charge is -2.19. The number of unbranched alkanes of at least 4 members (excludes halogenated alkanes) is 6. The van der Waals surface area contributed by atoms with Gasteiger partial charge in [-0.2, -0.15) is 0 Å². The van der Waals surface area contributed by atoms with Crippen molar-refractivity contribution in [3.05, 3.63) is 97.2 Å². The molecule has 10 nitrogen and oxygen atoms in total. The van der Waals surface area contributed by atoms with E-state index in [0.29, 0.717) is 25.7 Å². The Morgan fingerprint density at radius 2 is 1.20 bits per heavy atom. The Bertz CT molecular complexity index is 1220. The molecule has 11 heteroatoms. The van der Waals surface area contributed by atoms with Crippen LogP contribution in [0.2, 0.25) is 0 Å². The van der Waals surface area contributed by atoms with Crippen molar-refractivity contribution >= 4 is 19.8 Å². The Morgan fingerprint density at radius 3 is 1.87 bits per heavy atom. The average molecular weight is 776 g/mol. The van der Waals surface area contributed by atoms with Gasteiger partial charge >= 0.3 is 19.8 Å². The van der Waals surface area contributed by atoms with E-state index in [9.17, 15) is 24.2 Å². The minimum absolute atomic E-state index is 0.0289. The molecule has 54 heavy (non-hydrogen) atoms. The molecule has 0 spiro atoms. The SMILES string of the molecule is CC/C=C\C/C=C\C/C=C\CCCCCCCC(=O)OC[C@H](COP(=O)(O)OCCN)OC(=O)CCC/C=C\C/C=C\C/C=C\C=C\CC(O)/C=C\CC. The smallest absolute Gasteiger partial charge is 0.462 e. The first-order valence-electron chi connectivity index (χ1n) is 19.8. The number of esters is 2. The molecule has 0 saturated heterocycles. The standard InChI is InChI=1S/C43H70NO9P/c1-3-5-7-8-9-10-11-12-13-14-18-21-24-27-30-34-42(46)50-38-41(39-52-54(48,49)51-37-36-44)53-43(47)35-31-28-25-22-19-16-15-17-20-23-26-29-33-40(45)32-6-4-2/h5-7,9-10,12-13,15-16,20,22-23,25-26,29,32,40-41,45H,3-4,8,11,14,17-19,21,24,27-28,30-31,33-39,44H2,1-2H3,(H,48,49)/b7-5-,10-9-,13-12-,16-15-,23-20-,25-22-,29-26+,32-6-/t40?,41-/m1/s1. The van der Waals surface area contributed by atoms with Crippen LogP contribution < -0.4 is 5.73 Å². The zero-order valence-corrected chi connectivity index (χ0v) is 33.9. The molecule has 0 aromatic rings. The van der Waals surface area contributed by atoms with E-state index < -0.39 is 38.6 Å². The van der Waals surface area contributed by atoms with Gasteiger partial charge in [-0.25, -0.2) is 4.57 Å². The van der Waals surface area contributed by atoms with Crippen molar-refractivity contribution in [1.29, 1.82) is 0 Å². The molecule has 4 N–H and O–H groups in total. The van der Waals surface area contributed by atoms with Gasteiger partial charge in [0, 0.05) is 19.4 Å². The number of nitrogens with two attached hydrogens (primary N) is 1. The summed E-state index contributed by atoms with van der Waals surface area (Å²) in [5, 5.41) is 9.75. The fourth-order valence-electron chi connectivity index (χ4n) is 4.64. The van der Waals surface area contributed by atoms with Crippen LogP contribution in [0, 0.1) is 0 Å². The van der Waals surface area contributed by atoms with E-state index in [2.05, 4.69) is 55.5 Å². The number of rotatable bonds is 35. The lowest BCUT2D eigenvalue weighted by atomic mass is 10.1. The maximum atomic E-state index is 12.5. The molecule has 2 unspecified atom stereocenters. The van der Waals surface area contributed by atoms with Crippen LogP contribution in [0.5, 0.6) is 0 Å². The Labute approximate surface area is 326 Å². The Morgan fingerprint density at radius 1 is 0.648 bits per heavy atom. The zero-order chi connectivity index (χ0) is 39.8. The molecule has 0 amide bonds. The predicted molar refractivity (Wildman–Crippen MR) is 221 cm³/mol. The van der Waals surface area contributed by atoms with E-state index in [0.717, 1.165) is 70.6 Å². The van der Waals surface area contributed by atoms with Crippen molar-refractivity contribution < 1.29 is 42.7 Å². The molecule has 0 rings (SSSR count). The molecular weight excluding hydrogens is 705 g/mol. The number of aliphatic hydroxyl groups excluding tert-OH is 1. The molecule has 0 aliphatic rings. The molecule has 306 valence electrons. The van der Waals surface area contributed by atoms with Crippen molar-refractivity contribution in [2.45, 2.75) is 135 Å². The predicted octanol–water partition coefficient (Wildman–Crippen LogP) is 10.0. The Balaban J connectivity index is 4.39. The summed E-state index contributed by atoms with van der Waals surface area (Å²) < 4.78 is 32.6. The summed E-state index contributed by atoms with van der Waals surface area (Å²) in [5.74, 6) is -0.954. The highest BCUT2D eigenvalue weighted by Gasteiger charge is 2.25. The van der Waals surface area contributed by atoms with E-state index in [-0.39, 0.29) is 32.6 Å². The number of allylic oxidation sites excluding steroid dienone is 14. The minimum atomic E-state index is -4.41. The highest BCUT2D eigenvalue weighted by atomic mass is 31.2. The van der Waals surface area contributed by atoms with Crippen LogP contribution in [-0.2, 0) is 32.7 Å². The second kappa shape index (κ2) is 38.2. The van der Waals surface area contributed by atoms with Gasteiger partial charge < -0.3 is 25.2 Å². The van der Waals surface area contributed by atoms with Gasteiger partial charge in [-0.15, -0.1) is 0 Å². The molecular formula is C43H70NO9P. The lowest BCUT2D eigenvalue weighted by molar-refractivity contribution is -0.161. The molecule has 0 saturated carbocycles. The van der Waals surface area contributed by atoms with Crippen LogP contribution in [0.1, 0.15) is 123 Å². The summed E-state index contributed by atoms with van der Waals surface area (Å²) in [6.07, 6.45) is 45.0. The van der Waals surface area contributed by atoms with Crippen molar-refractivity contribution in [3.8, 4) is 0 Å². The van der Waals surface area contributed by atoms with Crippen molar-refractivity contribution in [2.75, 3.05) is 26.4 Å². The first kappa shape index (κ1) is 50.9. The van der Waals surface area contributed by atoms with E-state index >= 15 is 0 Å². The molecule has 0 fully saturated rings. The number of carbonyl (C=O) groups excluding carboxylic acids is 2. The van der Waals surface area contributed by atoms with Gasteiger partial charge in [-0.1, -0.05) is 130 Å². The molecule has 0 aromatic carbocycles. The zero-order valence-electron chi connectivity index (χ0n) is 33.0. The van der Waals surface area contributed by atoms with Crippen LogP contribution in [0.3, 0.4) is 0 Å². The molecule has 0 bridgehead atoms. The van der Waals surface area contributed by atoms with Gasteiger partial charge in [0.25, 0.3) is 0 Å². The minimum Gasteiger partial charge on any atom is -0.462 e. The topological polar surface area (TPSA) is 155 Å². The number of carbonyl (C=O) groups is 2. The number of phosphoric ester groups is 1. The van der Waals surface area contributed by atoms with Gasteiger partial charge in [0.2, 0.25) is 0 Å². The van der Waals surface area contributed by atoms with Gasteiger partial charge in [-0.05, 0) is 77.0 Å². The van der Waals surface area contributed by atoms with Crippen LogP contribution in [0.4, 0.5) is 0 Å². The van der Waals surface area contributed by atoms with Crippen LogP contribution >= 0.6 is 7.82 Å². The summed E-state index contributed by atoms with van der Waals surface area (Å²) in [6, 6.07) is 0. The molecule has 0 radical (unpaired) electrons. The third kappa shape index (κ3) is 37.2. The Kier molecular flexibility index (Phi) is 36.0. The largest absolute Gasteiger partial charge is 0.472 e. The number of ether oxygens (including phenoxy) is 2. The lowest BCUT2D eigenvalue weighted by Crippen LogP contribution is -2.29. The first-order chi connectivity index (χ1) is 26.2. The van der Waals surface area contributed by atoms with E-state index in [1.54, 1.807) is 0 Å². The maximum absolute atomic E-state index is 12.5. The number of hydrogen-bond acceptors (Lipinski definition) is 9. The summed E-state index contributed by atoms with van der Waals surface area (Å²) in [6.45, 7) is 3.24. The van der Waals surface area contributed by atoms with Crippen molar-refractivity contribution in [1.82, 2.24) is 0 Å². The number of hydrogen-bond donors (Lipinski definition) is 3. The fourth-order valence-corrected chi connectivity index (χ4v) is 5.41. The second-order valence-electron chi connectivity index (χ2n) is 12.6. The van der Waals surface area contributed by atoms with E-state index in [1.807, 2.05) is 55.5 Å². The molecule has 3 atom stereocenters. The average Bonchev–Trinajstić information content (AvgIpc) is 3.15. The highest BCUT2D eigenvalue weighted by molar-refractivity contribution is 7.47. The third-order valence-electron chi connectivity index (χ3n) is 7.54. The van der Waals surface area contributed by atoms with Crippen molar-refractivity contribution in [2.24, 2.45) is 5.73 Å². The van der Waals surface area contributed by atoms with Gasteiger partial charge in [0.1, 0.15) is 6.61 Å². The number of aliphatic hydroxyl groups is 1. The van der Waals surface area contributed by atoms with Gasteiger partial charge in [-0.3, -0.25) is 18.6 Å². The molecule has 0 heterocycles. The van der Waals surface area contributed by atoms with E-state index in [1.165, 1.54) is 0 Å². The molecule has 0 aliphatic heterocycles. The normalized spacial score (nSPS) is 15.0. The van der Waals surface area contributed by atoms with Gasteiger partial charge in [0.05, 0.1) is 19.3 Å². The highest BCUT2D eigenvalue weighted by Crippen LogP contribution is 2.43. The van der Waals surface area contributed by atoms with Gasteiger partial charge in [0.15, 0.2) is 6.10 Å². The van der Waals surface area contributed by atoms with Crippen LogP contribution in [-0.4, -0.2) is 60.5 Å². The summed E-state index contributed by atoms with van der Waals surface area (Å²) in [4.78, 5) is 34.8. The molecule has 0 aliphatic carbocycles. The molecule has 0 aromatic heterocycles. The third-order valence-corrected chi connectivity index (χ3v) is 8.52. The van der Waals surface area contributed by atoms with E-state index in [4.69, 9.17) is 24.3 Å². The summed E-state index contributed by atoms with van der Waals surface area (Å²) in [7, 11) is -4.41. The van der Waals surface area contributed by atoms with Crippen LogP contribution in [0.25, 0.3) is 0 Å². The van der Waals surface area contributed by atoms with Crippen LogP contribution in [0.15, 0.2) is 97.2 Å². The quantitative estimate of drug-likeness (QED) is 0.0186. The second-order valence-corrected chi connectivity index (χ2v) is 14.0. The first-order valence-corrected chi connectivity index (χ1v) is 21.3. The summed E-state index contributed by atoms with van der Waals surface area (Å²) in [5.41, 5.74) is 5.33.